The second-order valence-corrected chi connectivity index (χ2v) is 4.65. The number of nitrogens with two attached hydrogens (primary N) is 1. The lowest BCUT2D eigenvalue weighted by Crippen LogP contribution is -2.13. The third-order valence-corrected chi connectivity index (χ3v) is 3.50. The van der Waals surface area contributed by atoms with Gasteiger partial charge in [-0.1, -0.05) is 25.1 Å². The van der Waals surface area contributed by atoms with Crippen molar-refractivity contribution in [3.05, 3.63) is 35.6 Å². The number of hydrogen-bond donors (Lipinski definition) is 1. The zero-order chi connectivity index (χ0) is 11.1. The Morgan fingerprint density at radius 2 is 2.12 bits per heavy atom. The van der Waals surface area contributed by atoms with Gasteiger partial charge in [-0.05, 0) is 24.8 Å². The molecule has 2 heteroatoms. The molecule has 1 saturated carbocycles. The SMILES string of the molecule is CCc1oc2ccccc2c1C(N)C1CC1. The van der Waals surface area contributed by atoms with E-state index in [-0.39, 0.29) is 6.04 Å². The molecule has 1 unspecified atom stereocenters. The molecule has 3 rings (SSSR count). The average Bonchev–Trinajstić information content (AvgIpc) is 3.08. The van der Waals surface area contributed by atoms with Gasteiger partial charge in [-0.3, -0.25) is 0 Å². The second-order valence-electron chi connectivity index (χ2n) is 4.65. The van der Waals surface area contributed by atoms with E-state index in [0.29, 0.717) is 5.92 Å². The van der Waals surface area contributed by atoms with Crippen molar-refractivity contribution in [3.63, 3.8) is 0 Å². The molecule has 1 heterocycles. The Morgan fingerprint density at radius 1 is 1.38 bits per heavy atom. The van der Waals surface area contributed by atoms with Crippen LogP contribution in [0.4, 0.5) is 0 Å². The fourth-order valence-corrected chi connectivity index (χ4v) is 2.44. The predicted molar refractivity (Wildman–Crippen MR) is 65.2 cm³/mol. The first-order valence-electron chi connectivity index (χ1n) is 6.07. The Labute approximate surface area is 95.4 Å². The smallest absolute Gasteiger partial charge is 0.134 e. The van der Waals surface area contributed by atoms with Crippen molar-refractivity contribution in [2.75, 3.05) is 0 Å². The minimum atomic E-state index is 0.165. The molecule has 1 aliphatic carbocycles. The van der Waals surface area contributed by atoms with Crippen LogP contribution in [0.25, 0.3) is 11.0 Å². The summed E-state index contributed by atoms with van der Waals surface area (Å²) >= 11 is 0. The molecule has 0 bridgehead atoms. The summed E-state index contributed by atoms with van der Waals surface area (Å²) in [7, 11) is 0. The molecule has 0 saturated heterocycles. The topological polar surface area (TPSA) is 39.2 Å². The van der Waals surface area contributed by atoms with Gasteiger partial charge in [0.15, 0.2) is 0 Å². The molecule has 0 radical (unpaired) electrons. The maximum atomic E-state index is 6.33. The first-order valence-corrected chi connectivity index (χ1v) is 6.07. The van der Waals surface area contributed by atoms with Crippen LogP contribution in [0, 0.1) is 5.92 Å². The van der Waals surface area contributed by atoms with E-state index in [9.17, 15) is 0 Å². The van der Waals surface area contributed by atoms with E-state index in [0.717, 1.165) is 17.8 Å². The molecular weight excluding hydrogens is 198 g/mol. The third-order valence-electron chi connectivity index (χ3n) is 3.50. The van der Waals surface area contributed by atoms with Gasteiger partial charge >= 0.3 is 0 Å². The molecule has 2 nitrogen and oxygen atoms in total. The van der Waals surface area contributed by atoms with Gasteiger partial charge in [0.2, 0.25) is 0 Å². The summed E-state index contributed by atoms with van der Waals surface area (Å²) in [6.45, 7) is 2.13. The van der Waals surface area contributed by atoms with Crippen molar-refractivity contribution in [2.45, 2.75) is 32.2 Å². The van der Waals surface area contributed by atoms with E-state index >= 15 is 0 Å². The van der Waals surface area contributed by atoms with Crippen molar-refractivity contribution in [2.24, 2.45) is 11.7 Å². The molecule has 84 valence electrons. The predicted octanol–water partition coefficient (Wildman–Crippen LogP) is 3.41. The highest BCUT2D eigenvalue weighted by Gasteiger charge is 2.33. The molecule has 0 spiro atoms. The van der Waals surface area contributed by atoms with Gasteiger partial charge in [0.1, 0.15) is 11.3 Å². The van der Waals surface area contributed by atoms with Gasteiger partial charge in [0.05, 0.1) is 0 Å². The monoisotopic (exact) mass is 215 g/mol. The van der Waals surface area contributed by atoms with E-state index in [1.165, 1.54) is 23.8 Å². The van der Waals surface area contributed by atoms with E-state index in [1.54, 1.807) is 0 Å². The quantitative estimate of drug-likeness (QED) is 0.852. The minimum absolute atomic E-state index is 0.165. The lowest BCUT2D eigenvalue weighted by Gasteiger charge is -2.10. The van der Waals surface area contributed by atoms with Crippen LogP contribution >= 0.6 is 0 Å². The van der Waals surface area contributed by atoms with Crippen LogP contribution in [0.1, 0.15) is 37.1 Å². The van der Waals surface area contributed by atoms with E-state index < -0.39 is 0 Å². The summed E-state index contributed by atoms with van der Waals surface area (Å²) in [4.78, 5) is 0. The standard InChI is InChI=1S/C14H17NO/c1-2-11-13(14(15)9-7-8-9)10-5-3-4-6-12(10)16-11/h3-6,9,14H,2,7-8,15H2,1H3. The van der Waals surface area contributed by atoms with Crippen LogP contribution < -0.4 is 5.73 Å². The number of para-hydroxylation sites is 1. The molecule has 1 aliphatic rings. The molecule has 2 N–H and O–H groups in total. The molecule has 1 aromatic heterocycles. The fraction of sp³-hybridized carbons (Fsp3) is 0.429. The highest BCUT2D eigenvalue weighted by molar-refractivity contribution is 5.82. The van der Waals surface area contributed by atoms with Crippen molar-refractivity contribution in [3.8, 4) is 0 Å². The Bertz CT molecular complexity index is 510. The Hall–Kier alpha value is -1.28. The van der Waals surface area contributed by atoms with Crippen LogP contribution in [-0.2, 0) is 6.42 Å². The van der Waals surface area contributed by atoms with Crippen LogP contribution in [0.2, 0.25) is 0 Å². The fourth-order valence-electron chi connectivity index (χ4n) is 2.44. The van der Waals surface area contributed by atoms with Crippen LogP contribution in [0.3, 0.4) is 0 Å². The lowest BCUT2D eigenvalue weighted by molar-refractivity contribution is 0.530. The highest BCUT2D eigenvalue weighted by Crippen LogP contribution is 2.43. The molecule has 1 atom stereocenters. The molecule has 0 aliphatic heterocycles. The van der Waals surface area contributed by atoms with Crippen LogP contribution in [0.5, 0.6) is 0 Å². The molecule has 16 heavy (non-hydrogen) atoms. The number of rotatable bonds is 3. The van der Waals surface area contributed by atoms with Crippen LogP contribution in [-0.4, -0.2) is 0 Å². The summed E-state index contributed by atoms with van der Waals surface area (Å²) in [6.07, 6.45) is 3.46. The molecule has 1 aromatic carbocycles. The van der Waals surface area contributed by atoms with E-state index in [2.05, 4.69) is 19.1 Å². The first-order chi connectivity index (χ1) is 7.81. The maximum Gasteiger partial charge on any atom is 0.134 e. The summed E-state index contributed by atoms with van der Waals surface area (Å²) in [5.74, 6) is 1.74. The highest BCUT2D eigenvalue weighted by atomic mass is 16.3. The zero-order valence-electron chi connectivity index (χ0n) is 9.57. The summed E-state index contributed by atoms with van der Waals surface area (Å²) in [5, 5.41) is 1.21. The van der Waals surface area contributed by atoms with E-state index in [1.807, 2.05) is 12.1 Å². The summed E-state index contributed by atoms with van der Waals surface area (Å²) < 4.78 is 5.87. The van der Waals surface area contributed by atoms with E-state index in [4.69, 9.17) is 10.2 Å². The molecule has 2 aromatic rings. The summed E-state index contributed by atoms with van der Waals surface area (Å²) in [5.41, 5.74) is 8.56. The van der Waals surface area contributed by atoms with Gasteiger partial charge in [-0.2, -0.15) is 0 Å². The number of fused-ring (bicyclic) bond motifs is 1. The molecule has 1 fully saturated rings. The zero-order valence-corrected chi connectivity index (χ0v) is 9.57. The number of aryl methyl sites for hydroxylation is 1. The Morgan fingerprint density at radius 3 is 2.81 bits per heavy atom. The van der Waals surface area contributed by atoms with Gasteiger partial charge in [-0.15, -0.1) is 0 Å². The number of hydrogen-bond acceptors (Lipinski definition) is 2. The first kappa shape index (κ1) is 9.91. The largest absolute Gasteiger partial charge is 0.461 e. The molecular formula is C14H17NO. The van der Waals surface area contributed by atoms with Gasteiger partial charge in [0, 0.05) is 23.4 Å². The number of benzene rings is 1. The Kier molecular flexibility index (Phi) is 2.25. The van der Waals surface area contributed by atoms with Crippen LogP contribution in [0.15, 0.2) is 28.7 Å². The maximum absolute atomic E-state index is 6.33. The van der Waals surface area contributed by atoms with Crippen molar-refractivity contribution in [1.82, 2.24) is 0 Å². The van der Waals surface area contributed by atoms with Crippen molar-refractivity contribution >= 4 is 11.0 Å². The molecule has 0 amide bonds. The third kappa shape index (κ3) is 1.45. The minimum Gasteiger partial charge on any atom is -0.461 e. The van der Waals surface area contributed by atoms with Gasteiger partial charge in [0.25, 0.3) is 0 Å². The average molecular weight is 215 g/mol. The second kappa shape index (κ2) is 3.63. The lowest BCUT2D eigenvalue weighted by atomic mass is 9.99. The van der Waals surface area contributed by atoms with Gasteiger partial charge in [-0.25, -0.2) is 0 Å². The van der Waals surface area contributed by atoms with Crippen molar-refractivity contribution in [1.29, 1.82) is 0 Å². The van der Waals surface area contributed by atoms with Gasteiger partial charge < -0.3 is 10.2 Å². The summed E-state index contributed by atoms with van der Waals surface area (Å²) in [6, 6.07) is 8.38. The van der Waals surface area contributed by atoms with Crippen molar-refractivity contribution < 1.29 is 4.42 Å². The normalized spacial score (nSPS) is 17.9. The number of furan rings is 1. The Balaban J connectivity index is 2.18.